The monoisotopic (exact) mass is 908 g/mol. The van der Waals surface area contributed by atoms with Gasteiger partial charge in [-0.3, -0.25) is 0 Å². The second-order valence-corrected chi connectivity index (χ2v) is 19.9. The molecular formula is C66H49BN4. The van der Waals surface area contributed by atoms with E-state index in [1.54, 1.807) is 0 Å². The molecule has 71 heavy (non-hydrogen) atoms. The summed E-state index contributed by atoms with van der Waals surface area (Å²) in [5.41, 5.74) is 21.4. The highest BCUT2D eigenvalue weighted by molar-refractivity contribution is 7.00. The molecule has 5 heteroatoms. The van der Waals surface area contributed by atoms with Crippen LogP contribution in [-0.4, -0.2) is 23.4 Å². The Morgan fingerprint density at radius 3 is 1.90 bits per heavy atom. The van der Waals surface area contributed by atoms with Gasteiger partial charge in [-0.2, -0.15) is 0 Å². The van der Waals surface area contributed by atoms with Gasteiger partial charge in [0, 0.05) is 68.1 Å². The van der Waals surface area contributed by atoms with Gasteiger partial charge >= 0.3 is 0 Å². The smallest absolute Gasteiger partial charge is 0.252 e. The molecule has 9 aromatic rings. The molecule has 3 aliphatic heterocycles. The molecule has 15 rings (SSSR count). The van der Waals surface area contributed by atoms with Crippen molar-refractivity contribution in [2.24, 2.45) is 5.92 Å². The van der Waals surface area contributed by atoms with Crippen LogP contribution in [-0.2, 0) is 0 Å². The van der Waals surface area contributed by atoms with Crippen molar-refractivity contribution in [3.05, 3.63) is 260 Å². The molecule has 3 aliphatic carbocycles. The van der Waals surface area contributed by atoms with E-state index in [2.05, 4.69) is 268 Å². The van der Waals surface area contributed by atoms with Crippen LogP contribution >= 0.6 is 0 Å². The van der Waals surface area contributed by atoms with Crippen LogP contribution in [0.15, 0.2) is 254 Å². The number of nitrogens with zero attached hydrogens (tertiary/aromatic N) is 4. The van der Waals surface area contributed by atoms with Crippen LogP contribution in [0.5, 0.6) is 0 Å². The molecule has 6 aliphatic rings. The fourth-order valence-electron chi connectivity index (χ4n) is 13.0. The Kier molecular flexibility index (Phi) is 9.10. The quantitative estimate of drug-likeness (QED) is 0.155. The summed E-state index contributed by atoms with van der Waals surface area (Å²) in [4.78, 5) is 7.82. The highest BCUT2D eigenvalue weighted by atomic mass is 15.2. The first-order valence-electron chi connectivity index (χ1n) is 25.3. The number of rotatable bonds is 6. The summed E-state index contributed by atoms with van der Waals surface area (Å²) in [6, 6.07) is 68.8. The maximum Gasteiger partial charge on any atom is 0.252 e. The summed E-state index contributed by atoms with van der Waals surface area (Å²) in [6.45, 7) is -0.00231. The maximum absolute atomic E-state index is 2.68. The molecule has 4 unspecified atom stereocenters. The van der Waals surface area contributed by atoms with E-state index in [0.29, 0.717) is 11.8 Å². The van der Waals surface area contributed by atoms with E-state index in [1.807, 2.05) is 0 Å². The maximum atomic E-state index is 2.68. The first kappa shape index (κ1) is 40.4. The molecule has 0 N–H and O–H groups in total. The minimum atomic E-state index is -0.00231. The van der Waals surface area contributed by atoms with E-state index in [-0.39, 0.29) is 18.8 Å². The van der Waals surface area contributed by atoms with Crippen LogP contribution < -0.4 is 31.1 Å². The van der Waals surface area contributed by atoms with Crippen molar-refractivity contribution in [2.45, 2.75) is 30.8 Å². The lowest BCUT2D eigenvalue weighted by Gasteiger charge is -2.46. The number of hydrogen-bond donors (Lipinski definition) is 0. The van der Waals surface area contributed by atoms with E-state index in [1.165, 1.54) is 100 Å². The number of allylic oxidation sites excluding steroid dienone is 8. The third kappa shape index (κ3) is 6.18. The highest BCUT2D eigenvalue weighted by Crippen LogP contribution is 2.50. The van der Waals surface area contributed by atoms with Gasteiger partial charge in [0.05, 0.1) is 23.1 Å². The number of anilines is 7. The Labute approximate surface area is 415 Å². The van der Waals surface area contributed by atoms with Gasteiger partial charge in [0.25, 0.3) is 6.71 Å². The Morgan fingerprint density at radius 1 is 0.451 bits per heavy atom. The van der Waals surface area contributed by atoms with Crippen LogP contribution in [0.2, 0.25) is 0 Å². The highest BCUT2D eigenvalue weighted by Gasteiger charge is 2.45. The molecule has 0 radical (unpaired) electrons. The van der Waals surface area contributed by atoms with Gasteiger partial charge in [-0.15, -0.1) is 0 Å². The number of hydrogen-bond acceptors (Lipinski definition) is 3. The van der Waals surface area contributed by atoms with Gasteiger partial charge in [-0.1, -0.05) is 182 Å². The molecule has 336 valence electrons. The Morgan fingerprint density at radius 2 is 1.11 bits per heavy atom. The summed E-state index contributed by atoms with van der Waals surface area (Å²) >= 11 is 0. The van der Waals surface area contributed by atoms with Gasteiger partial charge < -0.3 is 19.3 Å². The van der Waals surface area contributed by atoms with E-state index < -0.39 is 0 Å². The first-order valence-corrected chi connectivity index (χ1v) is 25.3. The van der Waals surface area contributed by atoms with Crippen molar-refractivity contribution in [1.29, 1.82) is 0 Å². The normalized spacial score (nSPS) is 20.0. The van der Waals surface area contributed by atoms with Crippen LogP contribution in [0.1, 0.15) is 24.3 Å². The van der Waals surface area contributed by atoms with Crippen molar-refractivity contribution in [3.63, 3.8) is 0 Å². The minimum absolute atomic E-state index is 0.00231. The summed E-state index contributed by atoms with van der Waals surface area (Å²) < 4.78 is 2.48. The molecule has 4 atom stereocenters. The van der Waals surface area contributed by atoms with Crippen molar-refractivity contribution in [1.82, 2.24) is 4.57 Å². The Balaban J connectivity index is 0.948. The lowest BCUT2D eigenvalue weighted by molar-refractivity contribution is 0.732. The summed E-state index contributed by atoms with van der Waals surface area (Å²) in [6.07, 6.45) is 27.6. The SMILES string of the molecule is C1=CCC(C2=CCC(N3c4cc(-n5c6ccccc6c6ccccc65)ccc4B4c5ccc(N6c7ccccc7C7C=CC=CC76)cc5N(c5ccc(-c6ccccc6)cc5)c5cccc3c54)C=C2)C=C1. The van der Waals surface area contributed by atoms with Crippen molar-refractivity contribution in [2.75, 3.05) is 14.7 Å². The Hall–Kier alpha value is -8.54. The molecule has 4 heterocycles. The fourth-order valence-corrected chi connectivity index (χ4v) is 13.0. The molecule has 0 saturated heterocycles. The second-order valence-electron chi connectivity index (χ2n) is 19.9. The summed E-state index contributed by atoms with van der Waals surface area (Å²) in [5.74, 6) is 0.711. The molecule has 0 saturated carbocycles. The Bertz CT molecular complexity index is 3780. The molecule has 0 bridgehead atoms. The van der Waals surface area contributed by atoms with Crippen LogP contribution in [0.25, 0.3) is 38.6 Å². The third-order valence-electron chi connectivity index (χ3n) is 16.2. The standard InChI is InChI=1S/C66H49BN4/c1-3-16-44(17-4-1)46-30-34-48(35-31-46)68-62-28-15-29-63-66(62)67(56-40-38-50(42-64(56)68)70-58-24-11-7-20-52(58)53-21-8-12-25-59(53)70)57-41-39-51(71-60-26-13-9-22-54(60)55-23-10-14-27-61(55)71)43-65(57)69(63)49-36-32-47(33-37-49)45-18-5-2-6-19-45/h1-18,20-36,38-43,45,49,52,58H,19,37H2. The van der Waals surface area contributed by atoms with Crippen molar-refractivity contribution >= 4 is 84.7 Å². The topological polar surface area (TPSA) is 14.7 Å². The van der Waals surface area contributed by atoms with E-state index in [0.717, 1.165) is 18.5 Å². The summed E-state index contributed by atoms with van der Waals surface area (Å²) in [5, 5.41) is 2.54. The van der Waals surface area contributed by atoms with E-state index in [9.17, 15) is 0 Å². The lowest BCUT2D eigenvalue weighted by Crippen LogP contribution is -2.62. The lowest BCUT2D eigenvalue weighted by atomic mass is 9.33. The molecule has 0 spiro atoms. The zero-order valence-corrected chi connectivity index (χ0v) is 39.3. The van der Waals surface area contributed by atoms with Crippen molar-refractivity contribution < 1.29 is 0 Å². The first-order chi connectivity index (χ1) is 35.2. The average Bonchev–Trinajstić information content (AvgIpc) is 3.96. The molecule has 0 amide bonds. The molecular weight excluding hydrogens is 860 g/mol. The predicted molar refractivity (Wildman–Crippen MR) is 300 cm³/mol. The van der Waals surface area contributed by atoms with Crippen LogP contribution in [0.3, 0.4) is 0 Å². The van der Waals surface area contributed by atoms with Crippen LogP contribution in [0.4, 0.5) is 39.8 Å². The predicted octanol–water partition coefficient (Wildman–Crippen LogP) is 14.3. The van der Waals surface area contributed by atoms with Crippen LogP contribution in [0, 0.1) is 5.92 Å². The molecule has 4 nitrogen and oxygen atoms in total. The minimum Gasteiger partial charge on any atom is -0.335 e. The van der Waals surface area contributed by atoms with Gasteiger partial charge in [-0.25, -0.2) is 0 Å². The average molecular weight is 909 g/mol. The van der Waals surface area contributed by atoms with Crippen molar-refractivity contribution in [3.8, 4) is 16.8 Å². The zero-order valence-electron chi connectivity index (χ0n) is 39.3. The summed E-state index contributed by atoms with van der Waals surface area (Å²) in [7, 11) is 0. The number of aromatic nitrogens is 1. The number of benzene rings is 8. The zero-order chi connectivity index (χ0) is 46.6. The van der Waals surface area contributed by atoms with Gasteiger partial charge in [-0.05, 0) is 118 Å². The van der Waals surface area contributed by atoms with E-state index in [4.69, 9.17) is 0 Å². The molecule has 8 aromatic carbocycles. The number of fused-ring (bicyclic) bond motifs is 10. The third-order valence-corrected chi connectivity index (χ3v) is 16.2. The van der Waals surface area contributed by atoms with Gasteiger partial charge in [0.2, 0.25) is 0 Å². The van der Waals surface area contributed by atoms with Gasteiger partial charge in [0.15, 0.2) is 0 Å². The molecule has 0 fully saturated rings. The van der Waals surface area contributed by atoms with E-state index >= 15 is 0 Å². The number of para-hydroxylation sites is 3. The second kappa shape index (κ2) is 16.0. The molecule has 1 aromatic heterocycles. The van der Waals surface area contributed by atoms with Gasteiger partial charge in [0.1, 0.15) is 0 Å². The fraction of sp³-hybridized carbons (Fsp3) is 0.0909. The largest absolute Gasteiger partial charge is 0.335 e.